The maximum absolute atomic E-state index is 14.7. The van der Waals surface area contributed by atoms with Crippen LogP contribution in [0.25, 0.3) is 11.3 Å². The third kappa shape index (κ3) is 6.11. The highest BCUT2D eigenvalue weighted by molar-refractivity contribution is 7.14. The number of nitrogens with one attached hydrogen (secondary N) is 1. The number of hydrogen-bond donors (Lipinski definition) is 1. The number of amides is 2. The second kappa shape index (κ2) is 11.1. The molecular formula is C27H33ClFN5O4S. The molecule has 2 aromatic rings. The van der Waals surface area contributed by atoms with Gasteiger partial charge in [-0.25, -0.2) is 9.37 Å². The number of rotatable bonds is 7. The molecule has 4 atom stereocenters. The summed E-state index contributed by atoms with van der Waals surface area (Å²) < 4.78 is 20.2. The zero-order valence-electron chi connectivity index (χ0n) is 22.2. The van der Waals surface area contributed by atoms with Gasteiger partial charge in [-0.1, -0.05) is 12.1 Å². The number of carbonyl (C=O) groups is 3. The Kier molecular flexibility index (Phi) is 7.96. The van der Waals surface area contributed by atoms with Crippen LogP contribution in [0.2, 0.25) is 0 Å². The van der Waals surface area contributed by atoms with Crippen molar-refractivity contribution in [2.75, 3.05) is 51.3 Å². The first-order valence-corrected chi connectivity index (χ1v) is 14.4. The van der Waals surface area contributed by atoms with Crippen molar-refractivity contribution < 1.29 is 23.5 Å². The van der Waals surface area contributed by atoms with Gasteiger partial charge in [-0.3, -0.25) is 14.4 Å². The van der Waals surface area contributed by atoms with Crippen LogP contribution in [0.5, 0.6) is 0 Å². The standard InChI is InChI=1S/C27H33ClFN5O4S/c1-27(2,29)12-19(25(37)34-13-18(28)23-22(34)21(35)14-38-23)30-24(36)17-6-4-16(5-7-17)20-15-39-26(31-20)33-10-8-32(3)9-11-33/h4-7,15,18-19,22-23H,8-14H2,1-3H3,(H,30,36)/t18-,19+,22-,23-/m1/s1. The molecule has 210 valence electrons. The normalized spacial score (nSPS) is 24.6. The van der Waals surface area contributed by atoms with Gasteiger partial charge in [0.1, 0.15) is 30.5 Å². The Bertz CT molecular complexity index is 1230. The number of ketones is 1. The maximum atomic E-state index is 14.7. The number of carbonyl (C=O) groups excluding carboxylic acids is 3. The number of ether oxygens (including phenoxy) is 1. The Labute approximate surface area is 236 Å². The Morgan fingerprint density at radius 1 is 1.23 bits per heavy atom. The zero-order valence-corrected chi connectivity index (χ0v) is 23.8. The highest BCUT2D eigenvalue weighted by Crippen LogP contribution is 2.32. The molecule has 0 spiro atoms. The van der Waals surface area contributed by atoms with E-state index in [0.717, 1.165) is 42.6 Å². The van der Waals surface area contributed by atoms with Gasteiger partial charge < -0.3 is 24.8 Å². The fourth-order valence-corrected chi connectivity index (χ4v) is 6.53. The molecule has 0 unspecified atom stereocenters. The van der Waals surface area contributed by atoms with Crippen molar-refractivity contribution in [1.29, 1.82) is 0 Å². The summed E-state index contributed by atoms with van der Waals surface area (Å²) in [6.45, 7) is 6.54. The summed E-state index contributed by atoms with van der Waals surface area (Å²) in [6, 6.07) is 4.97. The number of alkyl halides is 2. The van der Waals surface area contributed by atoms with Crippen LogP contribution in [0.3, 0.4) is 0 Å². The first kappa shape index (κ1) is 27.9. The fourth-order valence-electron chi connectivity index (χ4n) is 5.28. The lowest BCUT2D eigenvalue weighted by Crippen LogP contribution is -2.53. The van der Waals surface area contributed by atoms with Gasteiger partial charge in [0.05, 0.1) is 11.1 Å². The lowest BCUT2D eigenvalue weighted by Gasteiger charge is -2.32. The quantitative estimate of drug-likeness (QED) is 0.506. The number of fused-ring (bicyclic) bond motifs is 1. The molecular weight excluding hydrogens is 545 g/mol. The molecule has 1 N–H and O–H groups in total. The summed E-state index contributed by atoms with van der Waals surface area (Å²) in [5, 5.41) is 5.13. The minimum absolute atomic E-state index is 0.0962. The molecule has 3 aliphatic heterocycles. The van der Waals surface area contributed by atoms with Gasteiger partial charge in [-0.15, -0.1) is 22.9 Å². The number of halogens is 2. The van der Waals surface area contributed by atoms with E-state index in [4.69, 9.17) is 21.3 Å². The average Bonchev–Trinajstić information content (AvgIpc) is 3.61. The summed E-state index contributed by atoms with van der Waals surface area (Å²) in [4.78, 5) is 49.7. The number of hydrogen-bond acceptors (Lipinski definition) is 8. The van der Waals surface area contributed by atoms with E-state index in [1.165, 1.54) is 18.7 Å². The van der Waals surface area contributed by atoms with Crippen molar-refractivity contribution in [3.63, 3.8) is 0 Å². The van der Waals surface area contributed by atoms with Crippen molar-refractivity contribution >= 4 is 45.7 Å². The summed E-state index contributed by atoms with van der Waals surface area (Å²) >= 11 is 7.93. The van der Waals surface area contributed by atoms with Crippen LogP contribution in [0.4, 0.5) is 9.52 Å². The topological polar surface area (TPSA) is 95.1 Å². The van der Waals surface area contributed by atoms with Crippen LogP contribution < -0.4 is 10.2 Å². The molecule has 39 heavy (non-hydrogen) atoms. The van der Waals surface area contributed by atoms with Crippen molar-refractivity contribution in [3.8, 4) is 11.3 Å². The summed E-state index contributed by atoms with van der Waals surface area (Å²) in [6.07, 6.45) is -0.840. The van der Waals surface area contributed by atoms with Crippen LogP contribution in [0.1, 0.15) is 30.6 Å². The highest BCUT2D eigenvalue weighted by atomic mass is 35.5. The highest BCUT2D eigenvalue weighted by Gasteiger charge is 2.53. The molecule has 1 aromatic carbocycles. The maximum Gasteiger partial charge on any atom is 0.251 e. The van der Waals surface area contributed by atoms with E-state index in [1.54, 1.807) is 23.5 Å². The minimum atomic E-state index is -1.74. The molecule has 9 nitrogen and oxygen atoms in total. The van der Waals surface area contributed by atoms with Crippen molar-refractivity contribution in [3.05, 3.63) is 35.2 Å². The first-order chi connectivity index (χ1) is 18.5. The van der Waals surface area contributed by atoms with Crippen molar-refractivity contribution in [2.45, 2.75) is 49.5 Å². The number of nitrogens with zero attached hydrogens (tertiary/aromatic N) is 4. The summed E-state index contributed by atoms with van der Waals surface area (Å²) in [5.41, 5.74) is 0.296. The van der Waals surface area contributed by atoms with Crippen LogP contribution in [-0.4, -0.2) is 108 Å². The molecule has 0 radical (unpaired) electrons. The van der Waals surface area contributed by atoms with Gasteiger partial charge in [0.15, 0.2) is 10.9 Å². The van der Waals surface area contributed by atoms with Crippen LogP contribution in [0, 0.1) is 0 Å². The lowest BCUT2D eigenvalue weighted by atomic mass is 9.98. The Hall–Kier alpha value is -2.60. The average molecular weight is 578 g/mol. The van der Waals surface area contributed by atoms with Gasteiger partial charge in [-0.2, -0.15) is 0 Å². The molecule has 3 saturated heterocycles. The van der Waals surface area contributed by atoms with Crippen molar-refractivity contribution in [2.24, 2.45) is 0 Å². The van der Waals surface area contributed by atoms with E-state index in [2.05, 4.69) is 22.2 Å². The fraction of sp³-hybridized carbons (Fsp3) is 0.556. The lowest BCUT2D eigenvalue weighted by molar-refractivity contribution is -0.138. The Balaban J connectivity index is 1.28. The smallest absolute Gasteiger partial charge is 0.251 e. The second-order valence-corrected chi connectivity index (χ2v) is 12.4. The van der Waals surface area contributed by atoms with E-state index < -0.39 is 41.0 Å². The van der Waals surface area contributed by atoms with E-state index in [9.17, 15) is 18.8 Å². The number of aromatic nitrogens is 1. The van der Waals surface area contributed by atoms with Gasteiger partial charge >= 0.3 is 0 Å². The third-order valence-corrected chi connectivity index (χ3v) is 8.70. The molecule has 3 fully saturated rings. The van der Waals surface area contributed by atoms with Crippen LogP contribution in [0.15, 0.2) is 29.6 Å². The van der Waals surface area contributed by atoms with Gasteiger partial charge in [-0.05, 0) is 33.0 Å². The largest absolute Gasteiger partial charge is 0.366 e. The van der Waals surface area contributed by atoms with Crippen LogP contribution in [-0.2, 0) is 14.3 Å². The predicted octanol–water partition coefficient (Wildman–Crippen LogP) is 2.58. The van der Waals surface area contributed by atoms with Crippen molar-refractivity contribution in [1.82, 2.24) is 20.1 Å². The molecule has 2 amide bonds. The number of benzene rings is 1. The van der Waals surface area contributed by atoms with E-state index in [-0.39, 0.29) is 25.4 Å². The third-order valence-electron chi connectivity index (χ3n) is 7.41. The van der Waals surface area contributed by atoms with Crippen LogP contribution >= 0.6 is 22.9 Å². The number of thiazole rings is 1. The number of piperazine rings is 1. The molecule has 5 rings (SSSR count). The van der Waals surface area contributed by atoms with E-state index in [1.807, 2.05) is 17.5 Å². The second-order valence-electron chi connectivity index (χ2n) is 11.0. The summed E-state index contributed by atoms with van der Waals surface area (Å²) in [7, 11) is 2.11. The number of likely N-dealkylation sites (tertiary alicyclic amines) is 1. The van der Waals surface area contributed by atoms with Gasteiger partial charge in [0.2, 0.25) is 5.91 Å². The minimum Gasteiger partial charge on any atom is -0.366 e. The van der Waals surface area contributed by atoms with Gasteiger partial charge in [0.25, 0.3) is 5.91 Å². The first-order valence-electron chi connectivity index (χ1n) is 13.1. The SMILES string of the molecule is CN1CCN(c2nc(-c3ccc(C(=O)N[C@@H](CC(C)(C)F)C(=O)N4C[C@@H](Cl)[C@H]5OCC(=O)[C@H]54)cc3)cs2)CC1. The van der Waals surface area contributed by atoms with Gasteiger partial charge in [0, 0.05) is 55.7 Å². The summed E-state index contributed by atoms with van der Waals surface area (Å²) in [5.74, 6) is -1.29. The molecule has 0 saturated carbocycles. The number of anilines is 1. The predicted molar refractivity (Wildman–Crippen MR) is 148 cm³/mol. The Morgan fingerprint density at radius 2 is 1.92 bits per heavy atom. The monoisotopic (exact) mass is 577 g/mol. The molecule has 12 heteroatoms. The molecule has 0 aliphatic carbocycles. The molecule has 4 heterocycles. The number of likely N-dealkylation sites (N-methyl/N-ethyl adjacent to an activating group) is 1. The molecule has 0 bridgehead atoms. The van der Waals surface area contributed by atoms with E-state index in [0.29, 0.717) is 5.56 Å². The Morgan fingerprint density at radius 3 is 2.59 bits per heavy atom. The molecule has 3 aliphatic rings. The zero-order chi connectivity index (χ0) is 27.9. The number of Topliss-reactive ketones (excluding diaryl/α,β-unsaturated/α-hetero) is 1. The molecule has 1 aromatic heterocycles. The van der Waals surface area contributed by atoms with E-state index >= 15 is 0 Å².